The number of hydrogen-bond acceptors (Lipinski definition) is 4. The summed E-state index contributed by atoms with van der Waals surface area (Å²) in [5.74, 6) is 1.59. The van der Waals surface area contributed by atoms with Crippen LogP contribution in [0.15, 0.2) is 52.0 Å². The first-order chi connectivity index (χ1) is 12.0. The molecule has 25 heavy (non-hydrogen) atoms. The Labute approximate surface area is 146 Å². The van der Waals surface area contributed by atoms with Gasteiger partial charge in [-0.3, -0.25) is 9.78 Å². The maximum atomic E-state index is 12.6. The number of nitrogens with zero attached hydrogens (tertiary/aromatic N) is 2. The molecule has 0 radical (unpaired) electrons. The molecule has 1 aromatic carbocycles. The van der Waals surface area contributed by atoms with Crippen LogP contribution in [0.25, 0.3) is 10.9 Å². The third-order valence-electron chi connectivity index (χ3n) is 3.75. The van der Waals surface area contributed by atoms with E-state index in [1.54, 1.807) is 6.07 Å². The van der Waals surface area contributed by atoms with Crippen LogP contribution in [0.3, 0.4) is 0 Å². The van der Waals surface area contributed by atoms with E-state index in [-0.39, 0.29) is 5.91 Å². The summed E-state index contributed by atoms with van der Waals surface area (Å²) in [6.07, 6.45) is 2.31. The van der Waals surface area contributed by atoms with Crippen molar-refractivity contribution in [3.05, 3.63) is 65.2 Å². The van der Waals surface area contributed by atoms with Crippen molar-refractivity contribution < 1.29 is 9.21 Å². The molecule has 2 heterocycles. The number of hydrogen-bond donors (Lipinski definition) is 1. The molecule has 0 aliphatic rings. The minimum absolute atomic E-state index is 0.261. The number of aryl methyl sites for hydroxylation is 1. The summed E-state index contributed by atoms with van der Waals surface area (Å²) in [5.41, 5.74) is 4.87. The second-order valence-corrected chi connectivity index (χ2v) is 6.42. The molecule has 1 amide bonds. The number of nitrogens with one attached hydrogen (secondary N) is 1. The molecule has 0 bridgehead atoms. The number of furan rings is 1. The van der Waals surface area contributed by atoms with Gasteiger partial charge in [-0.1, -0.05) is 32.0 Å². The van der Waals surface area contributed by atoms with Crippen LogP contribution in [-0.4, -0.2) is 17.1 Å². The maximum Gasteiger partial charge on any atom is 0.272 e. The molecule has 5 heteroatoms. The molecular formula is C20H21N3O2. The van der Waals surface area contributed by atoms with Crippen LogP contribution < -0.4 is 5.43 Å². The molecule has 0 unspecified atom stereocenters. The number of amides is 1. The topological polar surface area (TPSA) is 67.5 Å². The summed E-state index contributed by atoms with van der Waals surface area (Å²) in [7, 11) is 0. The lowest BCUT2D eigenvalue weighted by Gasteiger charge is -2.10. The Balaban J connectivity index is 1.87. The molecule has 5 nitrogen and oxygen atoms in total. The zero-order valence-corrected chi connectivity index (χ0v) is 14.6. The van der Waals surface area contributed by atoms with Crippen molar-refractivity contribution in [3.8, 4) is 0 Å². The van der Waals surface area contributed by atoms with Gasteiger partial charge in [-0.15, -0.1) is 0 Å². The number of aromatic nitrogens is 1. The van der Waals surface area contributed by atoms with Gasteiger partial charge in [0, 0.05) is 11.1 Å². The number of rotatable bonds is 5. The summed E-state index contributed by atoms with van der Waals surface area (Å²) in [4.78, 5) is 17.3. The summed E-state index contributed by atoms with van der Waals surface area (Å²) in [6.45, 7) is 6.12. The Morgan fingerprint density at radius 2 is 2.08 bits per heavy atom. The average molecular weight is 335 g/mol. The lowest BCUT2D eigenvalue weighted by atomic mass is 10.0. The second kappa shape index (κ2) is 7.30. The molecule has 2 aromatic heterocycles. The number of para-hydroxylation sites is 1. The third kappa shape index (κ3) is 4.12. The highest BCUT2D eigenvalue weighted by Crippen LogP contribution is 2.20. The van der Waals surface area contributed by atoms with Gasteiger partial charge in [0.1, 0.15) is 11.5 Å². The predicted molar refractivity (Wildman–Crippen MR) is 98.8 cm³/mol. The lowest BCUT2D eigenvalue weighted by Crippen LogP contribution is -2.18. The number of benzene rings is 1. The Morgan fingerprint density at radius 3 is 2.80 bits per heavy atom. The van der Waals surface area contributed by atoms with Crippen LogP contribution in [0.5, 0.6) is 0 Å². The fourth-order valence-corrected chi connectivity index (χ4v) is 2.68. The van der Waals surface area contributed by atoms with Crippen molar-refractivity contribution in [2.75, 3.05) is 0 Å². The molecule has 0 atom stereocenters. The van der Waals surface area contributed by atoms with E-state index in [1.165, 1.54) is 6.21 Å². The van der Waals surface area contributed by atoms with E-state index in [2.05, 4.69) is 29.4 Å². The molecule has 0 fully saturated rings. The largest absolute Gasteiger partial charge is 0.460 e. The van der Waals surface area contributed by atoms with Crippen LogP contribution in [0, 0.1) is 12.8 Å². The first-order valence-electron chi connectivity index (χ1n) is 8.31. The quantitative estimate of drug-likeness (QED) is 0.564. The number of fused-ring (bicyclic) bond motifs is 1. The van der Waals surface area contributed by atoms with Crippen molar-refractivity contribution in [2.24, 2.45) is 11.0 Å². The maximum absolute atomic E-state index is 12.6. The van der Waals surface area contributed by atoms with Gasteiger partial charge in [-0.05, 0) is 43.5 Å². The minimum atomic E-state index is -0.261. The number of hydrazone groups is 1. The van der Waals surface area contributed by atoms with E-state index in [9.17, 15) is 4.79 Å². The molecule has 0 saturated heterocycles. The summed E-state index contributed by atoms with van der Waals surface area (Å²) in [6, 6.07) is 13.1. The third-order valence-corrected chi connectivity index (χ3v) is 3.75. The molecule has 1 N–H and O–H groups in total. The van der Waals surface area contributed by atoms with Gasteiger partial charge in [-0.25, -0.2) is 5.43 Å². The lowest BCUT2D eigenvalue weighted by molar-refractivity contribution is 0.0956. The van der Waals surface area contributed by atoms with Crippen LogP contribution >= 0.6 is 0 Å². The van der Waals surface area contributed by atoms with E-state index in [0.29, 0.717) is 17.2 Å². The second-order valence-electron chi connectivity index (χ2n) is 6.42. The van der Waals surface area contributed by atoms with E-state index < -0.39 is 0 Å². The minimum Gasteiger partial charge on any atom is -0.460 e. The van der Waals surface area contributed by atoms with Crippen molar-refractivity contribution in [2.45, 2.75) is 27.2 Å². The summed E-state index contributed by atoms with van der Waals surface area (Å²) < 4.78 is 5.39. The fraction of sp³-hybridized carbons (Fsp3) is 0.250. The zero-order valence-electron chi connectivity index (χ0n) is 14.6. The van der Waals surface area contributed by atoms with Crippen LogP contribution in [-0.2, 0) is 6.42 Å². The van der Waals surface area contributed by atoms with Crippen LogP contribution in [0.4, 0.5) is 0 Å². The van der Waals surface area contributed by atoms with E-state index in [0.717, 1.165) is 28.8 Å². The van der Waals surface area contributed by atoms with Gasteiger partial charge in [0.05, 0.1) is 17.3 Å². The normalized spacial score (nSPS) is 11.5. The summed E-state index contributed by atoms with van der Waals surface area (Å²) >= 11 is 0. The zero-order chi connectivity index (χ0) is 17.8. The highest BCUT2D eigenvalue weighted by Gasteiger charge is 2.13. The smallest absolute Gasteiger partial charge is 0.272 e. The van der Waals surface area contributed by atoms with Gasteiger partial charge in [-0.2, -0.15) is 5.10 Å². The molecular weight excluding hydrogens is 314 g/mol. The fourth-order valence-electron chi connectivity index (χ4n) is 2.68. The monoisotopic (exact) mass is 335 g/mol. The molecule has 3 aromatic rings. The highest BCUT2D eigenvalue weighted by molar-refractivity contribution is 6.06. The van der Waals surface area contributed by atoms with Gasteiger partial charge in [0.25, 0.3) is 5.91 Å². The predicted octanol–water partition coefficient (Wildman–Crippen LogP) is 4.10. The molecule has 0 spiro atoms. The molecule has 0 aliphatic carbocycles. The van der Waals surface area contributed by atoms with Gasteiger partial charge < -0.3 is 4.42 Å². The van der Waals surface area contributed by atoms with E-state index in [4.69, 9.17) is 4.42 Å². The number of carbonyl (C=O) groups is 1. The Kier molecular flexibility index (Phi) is 4.93. The van der Waals surface area contributed by atoms with Crippen molar-refractivity contribution >= 4 is 23.0 Å². The van der Waals surface area contributed by atoms with Crippen molar-refractivity contribution in [1.29, 1.82) is 0 Å². The van der Waals surface area contributed by atoms with Gasteiger partial charge in [0.2, 0.25) is 0 Å². The van der Waals surface area contributed by atoms with E-state index in [1.807, 2.05) is 43.3 Å². The van der Waals surface area contributed by atoms with Crippen LogP contribution in [0.1, 0.15) is 41.4 Å². The van der Waals surface area contributed by atoms with Crippen molar-refractivity contribution in [1.82, 2.24) is 10.4 Å². The average Bonchev–Trinajstić information content (AvgIpc) is 2.98. The molecule has 128 valence electrons. The first-order valence-corrected chi connectivity index (χ1v) is 8.31. The van der Waals surface area contributed by atoms with Crippen molar-refractivity contribution in [3.63, 3.8) is 0 Å². The SMILES string of the molecule is Cc1ccc(/C=N\NC(=O)c2cc(CC(C)C)nc3ccccc23)o1. The Hall–Kier alpha value is -2.95. The number of carbonyl (C=O) groups excluding carboxylic acids is 1. The van der Waals surface area contributed by atoms with Crippen LogP contribution in [0.2, 0.25) is 0 Å². The van der Waals surface area contributed by atoms with E-state index >= 15 is 0 Å². The first kappa shape index (κ1) is 16.9. The molecule has 0 aliphatic heterocycles. The Morgan fingerprint density at radius 1 is 1.28 bits per heavy atom. The molecule has 3 rings (SSSR count). The standard InChI is InChI=1S/C20H21N3O2/c1-13(2)10-15-11-18(17-6-4-5-7-19(17)22-15)20(24)23-21-12-16-9-8-14(3)25-16/h4-9,11-13H,10H2,1-3H3,(H,23,24)/b21-12-. The summed E-state index contributed by atoms with van der Waals surface area (Å²) in [5, 5.41) is 4.81. The highest BCUT2D eigenvalue weighted by atomic mass is 16.3. The van der Waals surface area contributed by atoms with Gasteiger partial charge in [0.15, 0.2) is 0 Å². The number of pyridine rings is 1. The van der Waals surface area contributed by atoms with Gasteiger partial charge >= 0.3 is 0 Å². The Bertz CT molecular complexity index is 926. The molecule has 0 saturated carbocycles.